The second-order valence-electron chi connectivity index (χ2n) is 5.56. The zero-order chi connectivity index (χ0) is 13.5. The molecular weight excluding hydrogens is 236 g/mol. The van der Waals surface area contributed by atoms with Crippen LogP contribution in [0.2, 0.25) is 0 Å². The smallest absolute Gasteiger partial charge is 0.0645 e. The first-order valence-electron chi connectivity index (χ1n) is 7.82. The minimum absolute atomic E-state index is 0.567. The molecule has 1 aromatic heterocycles. The molecule has 0 bridgehead atoms. The average molecular weight is 264 g/mol. The third-order valence-electron chi connectivity index (χ3n) is 3.68. The molecule has 3 heteroatoms. The van der Waals surface area contributed by atoms with Crippen molar-refractivity contribution in [3.8, 4) is 0 Å². The molecule has 0 aliphatic heterocycles. The summed E-state index contributed by atoms with van der Waals surface area (Å²) >= 11 is 0. The minimum atomic E-state index is 0.567. The van der Waals surface area contributed by atoms with Gasteiger partial charge >= 0.3 is 0 Å². The van der Waals surface area contributed by atoms with E-state index in [4.69, 9.17) is 4.74 Å². The van der Waals surface area contributed by atoms with Gasteiger partial charge in [0.1, 0.15) is 0 Å². The first kappa shape index (κ1) is 14.6. The maximum Gasteiger partial charge on any atom is 0.0645 e. The molecule has 1 saturated carbocycles. The van der Waals surface area contributed by atoms with Crippen molar-refractivity contribution in [3.63, 3.8) is 0 Å². The molecule has 19 heavy (non-hydrogen) atoms. The maximum atomic E-state index is 5.54. The van der Waals surface area contributed by atoms with Crippen LogP contribution in [0.1, 0.15) is 51.1 Å². The zero-order valence-corrected chi connectivity index (χ0v) is 12.4. The lowest BCUT2D eigenvalue weighted by Gasteiger charge is -2.16. The number of ether oxygens (including phenoxy) is 1. The largest absolute Gasteiger partial charge is 0.380 e. The van der Waals surface area contributed by atoms with Gasteiger partial charge in [0.25, 0.3) is 0 Å². The van der Waals surface area contributed by atoms with Gasteiger partial charge in [-0.2, -0.15) is 0 Å². The van der Waals surface area contributed by atoms with Crippen molar-refractivity contribution < 1.29 is 4.74 Å². The Bertz CT molecular complexity index is 357. The Hall–Kier alpha value is -0.800. The van der Waals surface area contributed by atoms with E-state index < -0.39 is 0 Å². The van der Waals surface area contributed by atoms with E-state index in [0.29, 0.717) is 6.04 Å². The lowest BCUT2D eigenvalue weighted by Crippen LogP contribution is -2.23. The van der Waals surface area contributed by atoms with E-state index in [1.807, 2.05) is 0 Å². The van der Waals surface area contributed by atoms with Crippen LogP contribution in [0.3, 0.4) is 0 Å². The van der Waals surface area contributed by atoms with Gasteiger partial charge in [0.15, 0.2) is 0 Å². The molecule has 3 nitrogen and oxygen atoms in total. The van der Waals surface area contributed by atoms with Crippen molar-refractivity contribution in [2.75, 3.05) is 19.8 Å². The standard InChI is InChI=1S/C16H28N2O/c1-3-8-17-16(14-5-6-14)15-7-9-18(13-15)10-12-19-11-4-2/h7,9,13-14,16-17H,3-6,8,10-12H2,1-2H3. The van der Waals surface area contributed by atoms with E-state index in [2.05, 4.69) is 42.2 Å². The predicted octanol–water partition coefficient (Wildman–Crippen LogP) is 3.37. The van der Waals surface area contributed by atoms with Crippen LogP contribution in [0.4, 0.5) is 0 Å². The third-order valence-corrected chi connectivity index (χ3v) is 3.68. The highest BCUT2D eigenvalue weighted by Crippen LogP contribution is 2.41. The minimum Gasteiger partial charge on any atom is -0.380 e. The molecule has 1 aliphatic carbocycles. The van der Waals surface area contributed by atoms with Crippen molar-refractivity contribution in [2.45, 2.75) is 52.1 Å². The highest BCUT2D eigenvalue weighted by molar-refractivity contribution is 5.18. The van der Waals surface area contributed by atoms with Gasteiger partial charge < -0.3 is 14.6 Å². The highest BCUT2D eigenvalue weighted by atomic mass is 16.5. The molecule has 1 atom stereocenters. The van der Waals surface area contributed by atoms with Crippen molar-refractivity contribution in [3.05, 3.63) is 24.0 Å². The van der Waals surface area contributed by atoms with E-state index in [0.717, 1.165) is 38.6 Å². The lowest BCUT2D eigenvalue weighted by atomic mass is 10.1. The van der Waals surface area contributed by atoms with Crippen molar-refractivity contribution in [1.29, 1.82) is 0 Å². The summed E-state index contributed by atoms with van der Waals surface area (Å²) in [6.07, 6.45) is 9.54. The van der Waals surface area contributed by atoms with E-state index in [-0.39, 0.29) is 0 Å². The van der Waals surface area contributed by atoms with E-state index in [1.54, 1.807) is 0 Å². The Morgan fingerprint density at radius 3 is 2.84 bits per heavy atom. The average Bonchev–Trinajstić information content (AvgIpc) is 3.15. The molecule has 1 heterocycles. The van der Waals surface area contributed by atoms with Gasteiger partial charge in [-0.15, -0.1) is 0 Å². The lowest BCUT2D eigenvalue weighted by molar-refractivity contribution is 0.127. The van der Waals surface area contributed by atoms with Gasteiger partial charge in [0.05, 0.1) is 6.61 Å². The van der Waals surface area contributed by atoms with Crippen LogP contribution in [0, 0.1) is 5.92 Å². The fourth-order valence-corrected chi connectivity index (χ4v) is 2.48. The second-order valence-corrected chi connectivity index (χ2v) is 5.56. The van der Waals surface area contributed by atoms with Gasteiger partial charge in [0, 0.05) is 31.6 Å². The maximum absolute atomic E-state index is 5.54. The SMILES string of the molecule is CCCNC(c1ccn(CCOCCC)c1)C1CC1. The van der Waals surface area contributed by atoms with E-state index in [1.165, 1.54) is 24.8 Å². The summed E-state index contributed by atoms with van der Waals surface area (Å²) in [6.45, 7) is 8.15. The Morgan fingerprint density at radius 1 is 1.32 bits per heavy atom. The summed E-state index contributed by atoms with van der Waals surface area (Å²) in [6, 6.07) is 2.84. The summed E-state index contributed by atoms with van der Waals surface area (Å²) in [5.41, 5.74) is 1.45. The second kappa shape index (κ2) is 7.71. The van der Waals surface area contributed by atoms with Crippen LogP contribution in [0.5, 0.6) is 0 Å². The van der Waals surface area contributed by atoms with Crippen LogP contribution in [-0.4, -0.2) is 24.3 Å². The van der Waals surface area contributed by atoms with Crippen LogP contribution in [-0.2, 0) is 11.3 Å². The molecule has 1 unspecified atom stereocenters. The summed E-state index contributed by atoms with van der Waals surface area (Å²) in [7, 11) is 0. The van der Waals surface area contributed by atoms with Gasteiger partial charge in [-0.25, -0.2) is 0 Å². The number of rotatable bonds is 10. The molecule has 0 radical (unpaired) electrons. The van der Waals surface area contributed by atoms with Gasteiger partial charge in [0.2, 0.25) is 0 Å². The van der Waals surface area contributed by atoms with Gasteiger partial charge in [-0.3, -0.25) is 0 Å². The molecule has 1 fully saturated rings. The normalized spacial score (nSPS) is 16.7. The molecule has 1 N–H and O–H groups in total. The third kappa shape index (κ3) is 4.66. The van der Waals surface area contributed by atoms with Crippen LogP contribution in [0.25, 0.3) is 0 Å². The van der Waals surface area contributed by atoms with E-state index >= 15 is 0 Å². The number of nitrogens with zero attached hydrogens (tertiary/aromatic N) is 1. The summed E-state index contributed by atoms with van der Waals surface area (Å²) in [5.74, 6) is 0.860. The van der Waals surface area contributed by atoms with Crippen LogP contribution < -0.4 is 5.32 Å². The number of hydrogen-bond donors (Lipinski definition) is 1. The molecule has 2 rings (SSSR count). The molecule has 0 amide bonds. The molecule has 1 aromatic rings. The molecule has 1 aliphatic rings. The highest BCUT2D eigenvalue weighted by Gasteiger charge is 2.32. The Kier molecular flexibility index (Phi) is 5.93. The Labute approximate surface area is 117 Å². The fourth-order valence-electron chi connectivity index (χ4n) is 2.48. The van der Waals surface area contributed by atoms with Crippen molar-refractivity contribution in [2.24, 2.45) is 5.92 Å². The van der Waals surface area contributed by atoms with Crippen LogP contribution in [0.15, 0.2) is 18.5 Å². The first-order chi connectivity index (χ1) is 9.35. The summed E-state index contributed by atoms with van der Waals surface area (Å²) < 4.78 is 7.80. The molecular formula is C16H28N2O. The molecule has 0 spiro atoms. The summed E-state index contributed by atoms with van der Waals surface area (Å²) in [5, 5.41) is 3.69. The zero-order valence-electron chi connectivity index (χ0n) is 12.4. The monoisotopic (exact) mass is 264 g/mol. The van der Waals surface area contributed by atoms with Gasteiger partial charge in [-0.1, -0.05) is 13.8 Å². The first-order valence-corrected chi connectivity index (χ1v) is 7.82. The predicted molar refractivity (Wildman–Crippen MR) is 79.3 cm³/mol. The van der Waals surface area contributed by atoms with Gasteiger partial charge in [-0.05, 0) is 49.8 Å². The molecule has 0 saturated heterocycles. The number of hydrogen-bond acceptors (Lipinski definition) is 2. The molecule has 108 valence electrons. The molecule has 0 aromatic carbocycles. The van der Waals surface area contributed by atoms with Crippen molar-refractivity contribution in [1.82, 2.24) is 9.88 Å². The van der Waals surface area contributed by atoms with E-state index in [9.17, 15) is 0 Å². The number of nitrogens with one attached hydrogen (secondary N) is 1. The summed E-state index contributed by atoms with van der Waals surface area (Å²) in [4.78, 5) is 0. The number of aromatic nitrogens is 1. The fraction of sp³-hybridized carbons (Fsp3) is 0.750. The Morgan fingerprint density at radius 2 is 2.16 bits per heavy atom. The Balaban J connectivity index is 1.83. The van der Waals surface area contributed by atoms with Crippen LogP contribution >= 0.6 is 0 Å². The topological polar surface area (TPSA) is 26.2 Å². The quantitative estimate of drug-likeness (QED) is 0.656. The van der Waals surface area contributed by atoms with Crippen molar-refractivity contribution >= 4 is 0 Å².